The van der Waals surface area contributed by atoms with Crippen molar-refractivity contribution < 1.29 is 17.9 Å². The van der Waals surface area contributed by atoms with Gasteiger partial charge < -0.3 is 22.3 Å². The van der Waals surface area contributed by atoms with Crippen LogP contribution >= 0.6 is 47.8 Å². The Bertz CT molecular complexity index is 1010. The van der Waals surface area contributed by atoms with Crippen molar-refractivity contribution in [2.45, 2.75) is 0 Å². The van der Waals surface area contributed by atoms with Gasteiger partial charge in [-0.3, -0.25) is 0 Å². The fraction of sp³-hybridized carbons (Fsp3) is 0.0625. The normalized spacial score (nSPS) is 17.8. The van der Waals surface area contributed by atoms with Gasteiger partial charge in [0.05, 0.1) is 17.3 Å². The Hall–Kier alpha value is -1.19. The lowest BCUT2D eigenvalue weighted by Crippen LogP contribution is -2.50. The summed E-state index contributed by atoms with van der Waals surface area (Å²) in [4.78, 5) is 0. The average Bonchev–Trinajstić information content (AvgIpc) is 3.13. The number of hydrogen-bond acceptors (Lipinski definition) is 1. The molecule has 1 aromatic carbocycles. The molecule has 0 saturated heterocycles. The summed E-state index contributed by atoms with van der Waals surface area (Å²) >= 11 is 10.1. The summed E-state index contributed by atoms with van der Waals surface area (Å²) in [5.41, 5.74) is 2.45. The molecular weight excluding hydrogens is 525 g/mol. The highest BCUT2D eigenvalue weighted by atomic mass is 79.9. The van der Waals surface area contributed by atoms with Gasteiger partial charge in [-0.25, -0.2) is 0 Å². The molecule has 0 saturated carbocycles. The molecule has 9 heteroatoms. The third-order valence-electron chi connectivity index (χ3n) is 4.32. The number of nitrogens with zero attached hydrogens (tertiary/aromatic N) is 2. The van der Waals surface area contributed by atoms with Crippen LogP contribution in [0.5, 0.6) is 5.75 Å². The van der Waals surface area contributed by atoms with E-state index in [1.807, 2.05) is 18.2 Å². The maximum atomic E-state index is 15.2. The first kappa shape index (κ1) is 17.2. The van der Waals surface area contributed by atoms with Crippen LogP contribution in [0.2, 0.25) is 0 Å². The smallest absolute Gasteiger partial charge is 0.497 e. The van der Waals surface area contributed by atoms with E-state index in [1.165, 1.54) is 0 Å². The van der Waals surface area contributed by atoms with Crippen molar-refractivity contribution in [3.63, 3.8) is 0 Å². The van der Waals surface area contributed by atoms with E-state index in [1.54, 1.807) is 31.4 Å². The molecule has 3 heterocycles. The summed E-state index contributed by atoms with van der Waals surface area (Å²) in [5, 5.41) is 0. The Balaban J connectivity index is 2.08. The number of allylic oxidation sites excluding steroid dienone is 2. The number of hydrogen-bond donors (Lipinski definition) is 0. The minimum absolute atomic E-state index is 0.334. The van der Waals surface area contributed by atoms with E-state index in [0.29, 0.717) is 26.4 Å². The maximum absolute atomic E-state index is 15.2. The molecule has 0 bridgehead atoms. The zero-order valence-electron chi connectivity index (χ0n) is 12.8. The second-order valence-electron chi connectivity index (χ2n) is 5.63. The number of aromatic nitrogens is 1. The molecule has 2 aromatic rings. The third kappa shape index (κ3) is 2.43. The lowest BCUT2D eigenvalue weighted by molar-refractivity contribution is -0.358. The number of benzene rings is 1. The average molecular weight is 535 g/mol. The Labute approximate surface area is 168 Å². The Morgan fingerprint density at radius 1 is 1.08 bits per heavy atom. The van der Waals surface area contributed by atoms with Gasteiger partial charge in [0.25, 0.3) is 0 Å². The van der Waals surface area contributed by atoms with Crippen LogP contribution in [0.3, 0.4) is 0 Å². The summed E-state index contributed by atoms with van der Waals surface area (Å²) in [6.45, 7) is -4.01. The van der Waals surface area contributed by atoms with Crippen LogP contribution in [0.15, 0.2) is 57.3 Å². The van der Waals surface area contributed by atoms with Gasteiger partial charge in [-0.1, -0.05) is 15.9 Å². The van der Waals surface area contributed by atoms with E-state index in [2.05, 4.69) is 47.8 Å². The van der Waals surface area contributed by atoms with Crippen molar-refractivity contribution in [2.75, 3.05) is 7.11 Å². The van der Waals surface area contributed by atoms with Crippen LogP contribution in [0, 0.1) is 0 Å². The molecule has 0 amide bonds. The molecule has 2 aliphatic rings. The fourth-order valence-electron chi connectivity index (χ4n) is 3.23. The quantitative estimate of drug-likeness (QED) is 0.472. The van der Waals surface area contributed by atoms with Gasteiger partial charge >= 0.3 is 6.97 Å². The molecule has 0 unspecified atom stereocenters. The first-order valence-corrected chi connectivity index (χ1v) is 9.71. The Kier molecular flexibility index (Phi) is 4.08. The van der Waals surface area contributed by atoms with Crippen molar-refractivity contribution in [1.29, 1.82) is 0 Å². The topological polar surface area (TPSA) is 17.2 Å². The van der Waals surface area contributed by atoms with Crippen molar-refractivity contribution in [2.24, 2.45) is 0 Å². The minimum atomic E-state index is -4.01. The van der Waals surface area contributed by atoms with Gasteiger partial charge in [0, 0.05) is 43.8 Å². The molecule has 2 aliphatic heterocycles. The predicted octanol–water partition coefficient (Wildman–Crippen LogP) is 5.39. The first-order chi connectivity index (χ1) is 11.9. The van der Waals surface area contributed by atoms with E-state index in [-0.39, 0.29) is 0 Å². The number of methoxy groups -OCH3 is 1. The molecule has 4 rings (SSSR count). The van der Waals surface area contributed by atoms with E-state index < -0.39 is 6.97 Å². The van der Waals surface area contributed by atoms with Crippen molar-refractivity contribution in [1.82, 2.24) is 4.48 Å². The second kappa shape index (κ2) is 5.92. The van der Waals surface area contributed by atoms with Gasteiger partial charge in [-0.15, -0.1) is 0 Å². The highest BCUT2D eigenvalue weighted by Gasteiger charge is 2.54. The van der Waals surface area contributed by atoms with E-state index >= 15 is 8.63 Å². The van der Waals surface area contributed by atoms with E-state index in [0.717, 1.165) is 24.6 Å². The molecule has 0 radical (unpaired) electrons. The standard InChI is InChI=1S/C16H10BBr3F2N2O/c1-25-9-2-3-10(11(18)8-9)16-12-4-6-14(19)23(12)17(21,22)24-13(16)5-7-15(24)20/h2-8H,1H3. The molecule has 25 heavy (non-hydrogen) atoms. The molecule has 0 atom stereocenters. The van der Waals surface area contributed by atoms with Crippen LogP contribution in [-0.2, 0) is 0 Å². The van der Waals surface area contributed by atoms with Crippen molar-refractivity contribution in [3.05, 3.63) is 68.5 Å². The number of fused-ring (bicyclic) bond motifs is 2. The monoisotopic (exact) mass is 532 g/mol. The highest BCUT2D eigenvalue weighted by molar-refractivity contribution is 9.18. The molecular formula is C16H10BBr3F2N2O. The van der Waals surface area contributed by atoms with Gasteiger partial charge in [0.15, 0.2) is 5.70 Å². The maximum Gasteiger partial charge on any atom is 0.738 e. The van der Waals surface area contributed by atoms with E-state index in [9.17, 15) is 0 Å². The predicted molar refractivity (Wildman–Crippen MR) is 106 cm³/mol. The fourth-order valence-corrected chi connectivity index (χ4v) is 4.93. The minimum Gasteiger partial charge on any atom is -0.497 e. The summed E-state index contributed by atoms with van der Waals surface area (Å²) in [5.74, 6) is 0.690. The number of halogens is 5. The van der Waals surface area contributed by atoms with Crippen LogP contribution < -0.4 is 4.74 Å². The zero-order valence-corrected chi connectivity index (χ0v) is 17.6. The van der Waals surface area contributed by atoms with Gasteiger partial charge in [0.1, 0.15) is 5.75 Å². The Morgan fingerprint density at radius 2 is 1.84 bits per heavy atom. The molecule has 0 aliphatic carbocycles. The molecule has 0 fully saturated rings. The molecule has 0 spiro atoms. The largest absolute Gasteiger partial charge is 0.738 e. The summed E-state index contributed by atoms with van der Waals surface area (Å²) in [6, 6.07) is 8.85. The Morgan fingerprint density at radius 3 is 2.52 bits per heavy atom. The number of rotatable bonds is 2. The summed E-state index contributed by atoms with van der Waals surface area (Å²) in [7, 11) is 1.59. The third-order valence-corrected chi connectivity index (χ3v) is 6.26. The van der Waals surface area contributed by atoms with Crippen LogP contribution in [0.25, 0.3) is 5.57 Å². The van der Waals surface area contributed by atoms with Crippen LogP contribution in [0.4, 0.5) is 8.63 Å². The van der Waals surface area contributed by atoms with E-state index in [4.69, 9.17) is 4.74 Å². The van der Waals surface area contributed by atoms with Crippen LogP contribution in [0.1, 0.15) is 11.3 Å². The van der Waals surface area contributed by atoms with Crippen molar-refractivity contribution in [3.8, 4) is 5.75 Å². The SMILES string of the molecule is COc1ccc(C2=C3C=CC(Br)=[N+]3[B-](F)(F)n3c(Br)ccc32)c(Br)c1. The molecule has 1 aromatic heterocycles. The number of ether oxygens (including phenoxy) is 1. The molecule has 128 valence electrons. The van der Waals surface area contributed by atoms with Crippen molar-refractivity contribution >= 4 is 65.0 Å². The lowest BCUT2D eigenvalue weighted by atomic mass is 9.86. The summed E-state index contributed by atoms with van der Waals surface area (Å²) < 4.78 is 39.1. The van der Waals surface area contributed by atoms with Gasteiger partial charge in [-0.2, -0.15) is 0 Å². The zero-order chi connectivity index (χ0) is 17.9. The second-order valence-corrected chi connectivity index (χ2v) is 8.11. The summed E-state index contributed by atoms with van der Waals surface area (Å²) in [6.07, 6.45) is 3.35. The lowest BCUT2D eigenvalue weighted by Gasteiger charge is -2.32. The van der Waals surface area contributed by atoms with Gasteiger partial charge in [-0.05, 0) is 46.3 Å². The molecule has 0 N–H and O–H groups in total. The van der Waals surface area contributed by atoms with Gasteiger partial charge in [0.2, 0.25) is 4.62 Å². The highest BCUT2D eigenvalue weighted by Crippen LogP contribution is 2.44. The van der Waals surface area contributed by atoms with Crippen LogP contribution in [-0.4, -0.2) is 27.7 Å². The first-order valence-electron chi connectivity index (χ1n) is 7.34. The molecule has 3 nitrogen and oxygen atoms in total.